The molecule has 0 N–H and O–H groups in total. The Balaban J connectivity index is 3.14. The van der Waals surface area contributed by atoms with E-state index in [0.29, 0.717) is 0 Å². The van der Waals surface area contributed by atoms with Crippen LogP contribution in [0.25, 0.3) is 0 Å². The summed E-state index contributed by atoms with van der Waals surface area (Å²) in [5.41, 5.74) is 0. The average molecular weight is 120 g/mol. The lowest BCUT2D eigenvalue weighted by Gasteiger charge is -1.86. The predicted molar refractivity (Wildman–Crippen MR) is 30.0 cm³/mol. The van der Waals surface area contributed by atoms with E-state index < -0.39 is 11.1 Å². The van der Waals surface area contributed by atoms with Crippen LogP contribution in [-0.4, -0.2) is 10.5 Å². The molecule has 1 atom stereocenters. The van der Waals surface area contributed by atoms with Gasteiger partial charge in [0.15, 0.2) is 0 Å². The molecule has 0 amide bonds. The van der Waals surface area contributed by atoms with Crippen molar-refractivity contribution in [2.75, 3.05) is 6.26 Å². The smallest absolute Gasteiger partial charge is 0.202 e. The summed E-state index contributed by atoms with van der Waals surface area (Å²) in [7, 11) is 0. The van der Waals surface area contributed by atoms with Crippen LogP contribution in [0.15, 0.2) is 12.3 Å². The first kappa shape index (κ1) is 6.69. The molecule has 0 saturated heterocycles. The van der Waals surface area contributed by atoms with Crippen molar-refractivity contribution in [2.24, 2.45) is 0 Å². The van der Waals surface area contributed by atoms with E-state index in [1.165, 1.54) is 12.5 Å². The van der Waals surface area contributed by atoms with Crippen molar-refractivity contribution in [3.8, 4) is 0 Å². The van der Waals surface area contributed by atoms with Crippen molar-refractivity contribution in [3.05, 3.63) is 12.3 Å². The molecule has 1 unspecified atom stereocenters. The van der Waals surface area contributed by atoms with Gasteiger partial charge in [0.05, 0.1) is 6.26 Å². The Morgan fingerprint density at radius 1 is 1.71 bits per heavy atom. The van der Waals surface area contributed by atoms with Gasteiger partial charge in [-0.3, -0.25) is 0 Å². The van der Waals surface area contributed by atoms with Crippen LogP contribution in [0, 0.1) is 0 Å². The van der Waals surface area contributed by atoms with E-state index in [0.717, 1.165) is 0 Å². The quantitative estimate of drug-likeness (QED) is 0.504. The molecule has 0 heterocycles. The number of hydrogen-bond donors (Lipinski definition) is 0. The zero-order valence-corrected chi connectivity index (χ0v) is 5.20. The van der Waals surface area contributed by atoms with Crippen LogP contribution in [0.1, 0.15) is 6.92 Å². The standard InChI is InChI=1S/C4H8O2S/c1-3-4-6-7(2)5/h3-4H,1-2H3. The molecule has 0 aliphatic rings. The molecule has 7 heavy (non-hydrogen) atoms. The summed E-state index contributed by atoms with van der Waals surface area (Å²) in [6, 6.07) is 0. The van der Waals surface area contributed by atoms with E-state index in [-0.39, 0.29) is 0 Å². The summed E-state index contributed by atoms with van der Waals surface area (Å²) in [6.07, 6.45) is 4.55. The highest BCUT2D eigenvalue weighted by Crippen LogP contribution is 1.78. The largest absolute Gasteiger partial charge is 0.409 e. The second kappa shape index (κ2) is 3.87. The Morgan fingerprint density at radius 2 is 2.29 bits per heavy atom. The van der Waals surface area contributed by atoms with Gasteiger partial charge in [-0.05, 0) is 6.92 Å². The summed E-state index contributed by atoms with van der Waals surface area (Å²) < 4.78 is 14.5. The fourth-order valence-corrected chi connectivity index (χ4v) is 0.401. The fourth-order valence-electron chi connectivity index (χ4n) is 0.134. The number of rotatable bonds is 2. The topological polar surface area (TPSA) is 26.3 Å². The molecule has 0 aliphatic carbocycles. The number of allylic oxidation sites excluding steroid dienone is 1. The molecule has 0 saturated carbocycles. The third-order valence-electron chi connectivity index (χ3n) is 0.327. The highest BCUT2D eigenvalue weighted by atomic mass is 32.2. The van der Waals surface area contributed by atoms with Crippen molar-refractivity contribution in [1.29, 1.82) is 0 Å². The van der Waals surface area contributed by atoms with Gasteiger partial charge in [0.2, 0.25) is 11.1 Å². The Morgan fingerprint density at radius 3 is 2.43 bits per heavy atom. The van der Waals surface area contributed by atoms with Gasteiger partial charge < -0.3 is 4.18 Å². The van der Waals surface area contributed by atoms with E-state index >= 15 is 0 Å². The molecule has 0 spiro atoms. The molecule has 3 heteroatoms. The van der Waals surface area contributed by atoms with Gasteiger partial charge in [-0.2, -0.15) is 0 Å². The lowest BCUT2D eigenvalue weighted by molar-refractivity contribution is 0.510. The number of hydrogen-bond acceptors (Lipinski definition) is 2. The molecular formula is C4H8O2S. The molecule has 0 aromatic carbocycles. The van der Waals surface area contributed by atoms with Crippen molar-refractivity contribution >= 4 is 11.1 Å². The third-order valence-corrected chi connectivity index (χ3v) is 0.709. The summed E-state index contributed by atoms with van der Waals surface area (Å²) >= 11 is -1.15. The minimum Gasteiger partial charge on any atom is -0.409 e. The van der Waals surface area contributed by atoms with Gasteiger partial charge in [-0.15, -0.1) is 0 Å². The van der Waals surface area contributed by atoms with E-state index in [1.54, 1.807) is 13.0 Å². The van der Waals surface area contributed by atoms with Gasteiger partial charge in [0.1, 0.15) is 0 Å². The Hall–Kier alpha value is -0.310. The second-order valence-electron chi connectivity index (χ2n) is 0.967. The fraction of sp³-hybridized carbons (Fsp3) is 0.500. The molecule has 0 fully saturated rings. The SMILES string of the molecule is CC=COS(C)=O. The van der Waals surface area contributed by atoms with Gasteiger partial charge in [0, 0.05) is 6.26 Å². The molecule has 0 bridgehead atoms. The zero-order valence-electron chi connectivity index (χ0n) is 4.38. The summed E-state index contributed by atoms with van der Waals surface area (Å²) in [4.78, 5) is 0. The highest BCUT2D eigenvalue weighted by molar-refractivity contribution is 7.79. The Labute approximate surface area is 45.8 Å². The van der Waals surface area contributed by atoms with E-state index in [4.69, 9.17) is 0 Å². The minimum absolute atomic E-state index is 1.15. The monoisotopic (exact) mass is 120 g/mol. The third kappa shape index (κ3) is 5.69. The lowest BCUT2D eigenvalue weighted by Crippen LogP contribution is -1.82. The first-order valence-corrected chi connectivity index (χ1v) is 3.37. The Bertz CT molecular complexity index is 87.7. The van der Waals surface area contributed by atoms with Crippen LogP contribution in [0.4, 0.5) is 0 Å². The minimum atomic E-state index is -1.15. The van der Waals surface area contributed by atoms with E-state index in [1.807, 2.05) is 0 Å². The van der Waals surface area contributed by atoms with Crippen LogP contribution in [0.5, 0.6) is 0 Å². The van der Waals surface area contributed by atoms with Crippen LogP contribution in [0.3, 0.4) is 0 Å². The van der Waals surface area contributed by atoms with Gasteiger partial charge in [-0.1, -0.05) is 6.08 Å². The summed E-state index contributed by atoms with van der Waals surface area (Å²) in [6.45, 7) is 1.80. The summed E-state index contributed by atoms with van der Waals surface area (Å²) in [5.74, 6) is 0. The highest BCUT2D eigenvalue weighted by Gasteiger charge is 1.77. The van der Waals surface area contributed by atoms with Crippen molar-refractivity contribution in [3.63, 3.8) is 0 Å². The normalized spacial score (nSPS) is 14.6. The first-order valence-electron chi connectivity index (χ1n) is 1.89. The van der Waals surface area contributed by atoms with Crippen molar-refractivity contribution in [2.45, 2.75) is 6.92 Å². The second-order valence-corrected chi connectivity index (χ2v) is 1.96. The van der Waals surface area contributed by atoms with Crippen molar-refractivity contribution in [1.82, 2.24) is 0 Å². The maximum atomic E-state index is 10.0. The molecule has 42 valence electrons. The maximum Gasteiger partial charge on any atom is 0.202 e. The molecule has 0 radical (unpaired) electrons. The molecule has 0 aromatic heterocycles. The zero-order chi connectivity index (χ0) is 5.70. The van der Waals surface area contributed by atoms with Gasteiger partial charge in [-0.25, -0.2) is 4.21 Å². The average Bonchev–Trinajstić information content (AvgIpc) is 1.61. The van der Waals surface area contributed by atoms with Crippen LogP contribution in [0.2, 0.25) is 0 Å². The summed E-state index contributed by atoms with van der Waals surface area (Å²) in [5, 5.41) is 0. The van der Waals surface area contributed by atoms with Crippen LogP contribution in [-0.2, 0) is 15.3 Å². The maximum absolute atomic E-state index is 10.0. The van der Waals surface area contributed by atoms with Crippen LogP contribution < -0.4 is 0 Å². The van der Waals surface area contributed by atoms with E-state index in [9.17, 15) is 4.21 Å². The van der Waals surface area contributed by atoms with Gasteiger partial charge >= 0.3 is 0 Å². The van der Waals surface area contributed by atoms with Gasteiger partial charge in [0.25, 0.3) is 0 Å². The van der Waals surface area contributed by atoms with Crippen molar-refractivity contribution < 1.29 is 8.39 Å². The van der Waals surface area contributed by atoms with Crippen LogP contribution >= 0.6 is 0 Å². The molecule has 0 aliphatic heterocycles. The molecule has 2 nitrogen and oxygen atoms in total. The molecule has 0 rings (SSSR count). The van der Waals surface area contributed by atoms with E-state index in [2.05, 4.69) is 4.18 Å². The first-order chi connectivity index (χ1) is 3.27. The molecular weight excluding hydrogens is 112 g/mol. The lowest BCUT2D eigenvalue weighted by atomic mass is 10.8. The molecule has 0 aromatic rings. The predicted octanol–water partition coefficient (Wildman–Crippen LogP) is 0.830. The Kier molecular flexibility index (Phi) is 3.69.